The van der Waals surface area contributed by atoms with Crippen molar-refractivity contribution in [3.05, 3.63) is 42.2 Å². The van der Waals surface area contributed by atoms with Crippen molar-refractivity contribution in [2.24, 2.45) is 0 Å². The number of thiophene rings is 1. The third-order valence-corrected chi connectivity index (χ3v) is 5.17. The molecule has 1 fully saturated rings. The van der Waals surface area contributed by atoms with Gasteiger partial charge in [0.1, 0.15) is 5.82 Å². The Morgan fingerprint density at radius 1 is 1.29 bits per heavy atom. The van der Waals surface area contributed by atoms with Crippen LogP contribution in [0.4, 0.5) is 14.2 Å². The van der Waals surface area contributed by atoms with Crippen molar-refractivity contribution < 1.29 is 9.18 Å². The van der Waals surface area contributed by atoms with Gasteiger partial charge in [0.15, 0.2) is 0 Å². The van der Waals surface area contributed by atoms with Crippen molar-refractivity contribution in [2.45, 2.75) is 18.9 Å². The van der Waals surface area contributed by atoms with E-state index in [4.69, 9.17) is 0 Å². The molecule has 4 nitrogen and oxygen atoms in total. The summed E-state index contributed by atoms with van der Waals surface area (Å²) < 4.78 is 13.3. The van der Waals surface area contributed by atoms with Crippen LogP contribution in [0.3, 0.4) is 0 Å². The lowest BCUT2D eigenvalue weighted by Gasteiger charge is -2.31. The Bertz CT molecular complexity index is 688. The number of hydrogen-bond acceptors (Lipinski definition) is 3. The summed E-state index contributed by atoms with van der Waals surface area (Å²) in [7, 11) is 1.84. The first-order valence-corrected chi connectivity index (χ1v) is 8.55. The molecule has 7 heteroatoms. The highest BCUT2D eigenvalue weighted by Crippen LogP contribution is 2.31. The largest absolute Gasteiger partial charge is 0.324 e. The predicted molar refractivity (Wildman–Crippen MR) is 99.6 cm³/mol. The topological polar surface area (TPSA) is 44.4 Å². The van der Waals surface area contributed by atoms with Crippen molar-refractivity contribution in [3.8, 4) is 10.4 Å². The summed E-state index contributed by atoms with van der Waals surface area (Å²) >= 11 is 1.45. The van der Waals surface area contributed by atoms with Crippen molar-refractivity contribution in [1.82, 2.24) is 10.2 Å². The Hall–Kier alpha value is -1.63. The van der Waals surface area contributed by atoms with Gasteiger partial charge in [-0.15, -0.1) is 23.7 Å². The molecule has 2 amide bonds. The molecule has 24 heavy (non-hydrogen) atoms. The van der Waals surface area contributed by atoms with Crippen LogP contribution in [-0.4, -0.2) is 37.1 Å². The molecule has 1 aromatic carbocycles. The van der Waals surface area contributed by atoms with Crippen LogP contribution in [0, 0.1) is 5.82 Å². The number of carbonyl (C=O) groups is 1. The number of hydrogen-bond donors (Lipinski definition) is 2. The minimum absolute atomic E-state index is 0. The van der Waals surface area contributed by atoms with E-state index in [9.17, 15) is 9.18 Å². The van der Waals surface area contributed by atoms with E-state index >= 15 is 0 Å². The molecule has 1 aromatic heterocycles. The first-order valence-electron chi connectivity index (χ1n) is 7.74. The molecular weight excluding hydrogens is 349 g/mol. The highest BCUT2D eigenvalue weighted by atomic mass is 35.5. The van der Waals surface area contributed by atoms with Crippen LogP contribution in [0.1, 0.15) is 12.8 Å². The van der Waals surface area contributed by atoms with Crippen molar-refractivity contribution >= 4 is 34.8 Å². The maximum atomic E-state index is 13.3. The van der Waals surface area contributed by atoms with Crippen LogP contribution in [0.5, 0.6) is 0 Å². The zero-order chi connectivity index (χ0) is 16.2. The van der Waals surface area contributed by atoms with Gasteiger partial charge in [-0.3, -0.25) is 5.32 Å². The molecular formula is C17H21ClFN3OS. The minimum atomic E-state index is -0.257. The molecule has 1 saturated heterocycles. The fourth-order valence-corrected chi connectivity index (χ4v) is 3.65. The number of rotatable bonds is 3. The van der Waals surface area contributed by atoms with Crippen LogP contribution in [0.15, 0.2) is 36.4 Å². The van der Waals surface area contributed by atoms with Gasteiger partial charge in [-0.25, -0.2) is 9.18 Å². The number of piperidine rings is 1. The lowest BCUT2D eigenvalue weighted by Crippen LogP contribution is -2.45. The fraction of sp³-hybridized carbons (Fsp3) is 0.353. The molecule has 1 aliphatic heterocycles. The molecule has 0 bridgehead atoms. The van der Waals surface area contributed by atoms with Gasteiger partial charge >= 0.3 is 6.03 Å². The number of urea groups is 1. The summed E-state index contributed by atoms with van der Waals surface area (Å²) in [6.45, 7) is 1.90. The zero-order valence-corrected chi connectivity index (χ0v) is 15.1. The summed E-state index contributed by atoms with van der Waals surface area (Å²) in [5, 5.41) is 7.01. The summed E-state index contributed by atoms with van der Waals surface area (Å²) in [4.78, 5) is 15.1. The zero-order valence-electron chi connectivity index (χ0n) is 13.4. The normalized spacial score (nSPS) is 14.8. The highest BCUT2D eigenvalue weighted by molar-refractivity contribution is 7.19. The number of amides is 2. The Balaban J connectivity index is 0.00000208. The van der Waals surface area contributed by atoms with Crippen LogP contribution >= 0.6 is 23.7 Å². The molecule has 130 valence electrons. The van der Waals surface area contributed by atoms with Gasteiger partial charge in [0.25, 0.3) is 0 Å². The number of halogens is 2. The Kier molecular flexibility index (Phi) is 6.60. The number of carbonyl (C=O) groups excluding carboxylic acids is 1. The second-order valence-electron chi connectivity index (χ2n) is 5.70. The van der Waals surface area contributed by atoms with E-state index in [0.29, 0.717) is 0 Å². The third-order valence-electron chi connectivity index (χ3n) is 4.12. The maximum absolute atomic E-state index is 13.3. The SMILES string of the molecule is CN(C(=O)Nc1ccc(-c2cccc(F)c2)s1)C1CCNCC1.Cl. The smallest absolute Gasteiger partial charge is 0.322 e. The average Bonchev–Trinajstić information content (AvgIpc) is 3.03. The lowest BCUT2D eigenvalue weighted by molar-refractivity contribution is 0.189. The van der Waals surface area contributed by atoms with E-state index in [1.807, 2.05) is 25.2 Å². The summed E-state index contributed by atoms with van der Waals surface area (Å²) in [5.74, 6) is -0.257. The Morgan fingerprint density at radius 3 is 2.75 bits per heavy atom. The molecule has 0 saturated carbocycles. The van der Waals surface area contributed by atoms with Gasteiger partial charge in [-0.2, -0.15) is 0 Å². The van der Waals surface area contributed by atoms with Crippen LogP contribution < -0.4 is 10.6 Å². The minimum Gasteiger partial charge on any atom is -0.324 e. The molecule has 3 rings (SSSR count). The maximum Gasteiger partial charge on any atom is 0.322 e. The molecule has 0 aliphatic carbocycles. The molecule has 1 aliphatic rings. The van der Waals surface area contributed by atoms with Gasteiger partial charge in [0.05, 0.1) is 5.00 Å². The molecule has 2 aromatic rings. The Labute approximate surface area is 151 Å². The molecule has 2 N–H and O–H groups in total. The van der Waals surface area contributed by atoms with Crippen molar-refractivity contribution in [1.29, 1.82) is 0 Å². The highest BCUT2D eigenvalue weighted by Gasteiger charge is 2.22. The molecule has 0 unspecified atom stereocenters. The predicted octanol–water partition coefficient (Wildman–Crippen LogP) is 4.19. The quantitative estimate of drug-likeness (QED) is 0.851. The summed E-state index contributed by atoms with van der Waals surface area (Å²) in [6.07, 6.45) is 1.95. The van der Waals surface area contributed by atoms with Crippen LogP contribution in [0.25, 0.3) is 10.4 Å². The van der Waals surface area contributed by atoms with Crippen molar-refractivity contribution in [2.75, 3.05) is 25.5 Å². The monoisotopic (exact) mass is 369 g/mol. The Morgan fingerprint density at radius 2 is 2.04 bits per heavy atom. The van der Waals surface area contributed by atoms with Gasteiger partial charge in [0.2, 0.25) is 0 Å². The average molecular weight is 370 g/mol. The standard InChI is InChI=1S/C17H20FN3OS.ClH/c1-21(14-7-9-19-10-8-14)17(22)20-16-6-5-15(23-16)12-3-2-4-13(18)11-12;/h2-6,11,14,19H,7-10H2,1H3,(H,20,22);1H. The van der Waals surface area contributed by atoms with E-state index < -0.39 is 0 Å². The molecule has 0 radical (unpaired) electrons. The van der Waals surface area contributed by atoms with Gasteiger partial charge in [0, 0.05) is 18.0 Å². The number of nitrogens with zero attached hydrogens (tertiary/aromatic N) is 1. The van der Waals surface area contributed by atoms with Crippen molar-refractivity contribution in [3.63, 3.8) is 0 Å². The van der Waals surface area contributed by atoms with E-state index in [1.165, 1.54) is 23.5 Å². The first-order chi connectivity index (χ1) is 11.1. The van der Waals surface area contributed by atoms with Crippen LogP contribution in [-0.2, 0) is 0 Å². The number of anilines is 1. The van der Waals surface area contributed by atoms with Gasteiger partial charge in [-0.05, 0) is 55.8 Å². The first kappa shape index (κ1) is 18.7. The van der Waals surface area contributed by atoms with Crippen LogP contribution in [0.2, 0.25) is 0 Å². The van der Waals surface area contributed by atoms with E-state index in [0.717, 1.165) is 41.4 Å². The third kappa shape index (κ3) is 4.47. The molecule has 2 heterocycles. The summed E-state index contributed by atoms with van der Waals surface area (Å²) in [5.41, 5.74) is 0.821. The van der Waals surface area contributed by atoms with E-state index in [-0.39, 0.29) is 30.3 Å². The number of nitrogens with one attached hydrogen (secondary N) is 2. The molecule has 0 spiro atoms. The van der Waals surface area contributed by atoms with Gasteiger partial charge in [-0.1, -0.05) is 12.1 Å². The van der Waals surface area contributed by atoms with E-state index in [1.54, 1.807) is 11.0 Å². The van der Waals surface area contributed by atoms with Gasteiger partial charge < -0.3 is 10.2 Å². The second kappa shape index (κ2) is 8.46. The van der Waals surface area contributed by atoms with E-state index in [2.05, 4.69) is 10.6 Å². The second-order valence-corrected chi connectivity index (χ2v) is 6.78. The fourth-order valence-electron chi connectivity index (χ4n) is 2.76. The number of benzene rings is 1. The lowest BCUT2D eigenvalue weighted by atomic mass is 10.1. The summed E-state index contributed by atoms with van der Waals surface area (Å²) in [6, 6.07) is 10.4. The molecule has 0 atom stereocenters.